The molecule has 4 nitrogen and oxygen atoms in total. The van der Waals surface area contributed by atoms with E-state index in [9.17, 15) is 4.79 Å². The van der Waals surface area contributed by atoms with Gasteiger partial charge in [-0.2, -0.15) is 0 Å². The highest BCUT2D eigenvalue weighted by Crippen LogP contribution is 2.19. The Morgan fingerprint density at radius 2 is 2.00 bits per heavy atom. The minimum absolute atomic E-state index is 0.0992. The van der Waals surface area contributed by atoms with Crippen LogP contribution in [0.15, 0.2) is 47.3 Å². The van der Waals surface area contributed by atoms with E-state index >= 15 is 0 Å². The number of halogens is 1. The van der Waals surface area contributed by atoms with Crippen LogP contribution < -0.4 is 5.32 Å². The molecule has 0 spiro atoms. The lowest BCUT2D eigenvalue weighted by molar-refractivity contribution is -0.117. The molecule has 0 aliphatic carbocycles. The van der Waals surface area contributed by atoms with Crippen molar-refractivity contribution in [3.8, 4) is 0 Å². The first-order chi connectivity index (χ1) is 8.66. The summed E-state index contributed by atoms with van der Waals surface area (Å²) >= 11 is 3.37. The van der Waals surface area contributed by atoms with Crippen LogP contribution in [0.5, 0.6) is 0 Å². The smallest absolute Gasteiger partial charge is 0.232 e. The van der Waals surface area contributed by atoms with Crippen molar-refractivity contribution >= 4 is 27.7 Å². The van der Waals surface area contributed by atoms with Gasteiger partial charge in [-0.1, -0.05) is 28.1 Å². The molecular weight excluding hydrogens is 294 g/mol. The number of hydrogen-bond acceptors (Lipinski definition) is 3. The zero-order valence-electron chi connectivity index (χ0n) is 9.80. The van der Waals surface area contributed by atoms with Crippen LogP contribution in [0.3, 0.4) is 0 Å². The van der Waals surface area contributed by atoms with E-state index in [-0.39, 0.29) is 11.8 Å². The fourth-order valence-electron chi connectivity index (χ4n) is 1.50. The fraction of sp³-hybridized carbons (Fsp3) is 0.154. The summed E-state index contributed by atoms with van der Waals surface area (Å²) < 4.78 is 0.993. The van der Waals surface area contributed by atoms with Gasteiger partial charge in [0.2, 0.25) is 5.91 Å². The molecule has 1 N–H and O–H groups in total. The lowest BCUT2D eigenvalue weighted by Crippen LogP contribution is -2.19. The summed E-state index contributed by atoms with van der Waals surface area (Å²) in [5.74, 6) is 0.129. The monoisotopic (exact) mass is 305 g/mol. The number of anilines is 1. The maximum atomic E-state index is 12.0. The molecule has 92 valence electrons. The molecule has 0 saturated carbocycles. The maximum absolute atomic E-state index is 12.0. The predicted molar refractivity (Wildman–Crippen MR) is 73.2 cm³/mol. The van der Waals surface area contributed by atoms with Crippen molar-refractivity contribution in [3.63, 3.8) is 0 Å². The van der Waals surface area contributed by atoms with Gasteiger partial charge in [0.25, 0.3) is 0 Å². The van der Waals surface area contributed by atoms with Gasteiger partial charge in [0.15, 0.2) is 5.82 Å². The number of hydrogen-bond donors (Lipinski definition) is 1. The minimum Gasteiger partial charge on any atom is -0.309 e. The van der Waals surface area contributed by atoms with Crippen LogP contribution in [0.4, 0.5) is 5.82 Å². The number of rotatable bonds is 3. The van der Waals surface area contributed by atoms with Gasteiger partial charge in [-0.25, -0.2) is 4.98 Å². The molecule has 0 bridgehead atoms. The van der Waals surface area contributed by atoms with Gasteiger partial charge in [-0.3, -0.25) is 9.78 Å². The van der Waals surface area contributed by atoms with Gasteiger partial charge in [0.1, 0.15) is 0 Å². The molecule has 1 atom stereocenters. The third-order valence-corrected chi connectivity index (χ3v) is 3.11. The van der Waals surface area contributed by atoms with Gasteiger partial charge >= 0.3 is 0 Å². The molecule has 1 aromatic carbocycles. The molecule has 1 aromatic heterocycles. The van der Waals surface area contributed by atoms with Crippen molar-refractivity contribution in [2.45, 2.75) is 12.8 Å². The molecule has 2 aromatic rings. The Hall–Kier alpha value is -1.75. The molecule has 0 aliphatic heterocycles. The molecule has 1 amide bonds. The van der Waals surface area contributed by atoms with Crippen LogP contribution in [-0.2, 0) is 4.79 Å². The van der Waals surface area contributed by atoms with E-state index in [0.29, 0.717) is 5.82 Å². The summed E-state index contributed by atoms with van der Waals surface area (Å²) in [5, 5.41) is 2.73. The van der Waals surface area contributed by atoms with E-state index in [1.807, 2.05) is 31.2 Å². The largest absolute Gasteiger partial charge is 0.309 e. The van der Waals surface area contributed by atoms with E-state index in [0.717, 1.165) is 10.0 Å². The summed E-state index contributed by atoms with van der Waals surface area (Å²) in [6, 6.07) is 7.68. The first kappa shape index (κ1) is 12.7. The van der Waals surface area contributed by atoms with Crippen LogP contribution in [0, 0.1) is 0 Å². The SMILES string of the molecule is CC(C(=O)Nc1cnccn1)c1ccc(Br)cc1. The first-order valence-electron chi connectivity index (χ1n) is 5.49. The predicted octanol–water partition coefficient (Wildman–Crippen LogP) is 2.98. The Balaban J connectivity index is 2.07. The summed E-state index contributed by atoms with van der Waals surface area (Å²) in [6.07, 6.45) is 4.62. The summed E-state index contributed by atoms with van der Waals surface area (Å²) in [7, 11) is 0. The zero-order chi connectivity index (χ0) is 13.0. The van der Waals surface area contributed by atoms with Crippen LogP contribution in [0.2, 0.25) is 0 Å². The van der Waals surface area contributed by atoms with Crippen molar-refractivity contribution < 1.29 is 4.79 Å². The third kappa shape index (κ3) is 3.13. The van der Waals surface area contributed by atoms with Crippen molar-refractivity contribution in [1.82, 2.24) is 9.97 Å². The second-order valence-corrected chi connectivity index (χ2v) is 4.77. The van der Waals surface area contributed by atoms with E-state index in [2.05, 4.69) is 31.2 Å². The Kier molecular flexibility index (Phi) is 4.04. The van der Waals surface area contributed by atoms with Crippen molar-refractivity contribution in [2.24, 2.45) is 0 Å². The molecule has 1 unspecified atom stereocenters. The van der Waals surface area contributed by atoms with Crippen LogP contribution in [0.25, 0.3) is 0 Å². The second kappa shape index (κ2) is 5.73. The van der Waals surface area contributed by atoms with Crippen molar-refractivity contribution in [3.05, 3.63) is 52.9 Å². The van der Waals surface area contributed by atoms with Crippen LogP contribution >= 0.6 is 15.9 Å². The van der Waals surface area contributed by atoms with Gasteiger partial charge < -0.3 is 5.32 Å². The van der Waals surface area contributed by atoms with Gasteiger partial charge in [-0.05, 0) is 24.6 Å². The fourth-order valence-corrected chi connectivity index (χ4v) is 1.77. The molecule has 0 saturated heterocycles. The maximum Gasteiger partial charge on any atom is 0.232 e. The van der Waals surface area contributed by atoms with E-state index in [1.165, 1.54) is 6.20 Å². The lowest BCUT2D eigenvalue weighted by atomic mass is 10.0. The normalized spacial score (nSPS) is 11.9. The molecule has 0 fully saturated rings. The first-order valence-corrected chi connectivity index (χ1v) is 6.28. The molecule has 0 radical (unpaired) electrons. The van der Waals surface area contributed by atoms with Gasteiger partial charge in [0, 0.05) is 16.9 Å². The topological polar surface area (TPSA) is 54.9 Å². The van der Waals surface area contributed by atoms with E-state index < -0.39 is 0 Å². The quantitative estimate of drug-likeness (QED) is 0.948. The van der Waals surface area contributed by atoms with Gasteiger partial charge in [0.05, 0.1) is 12.1 Å². The number of carbonyl (C=O) groups is 1. The number of carbonyl (C=O) groups excluding carboxylic acids is 1. The third-order valence-electron chi connectivity index (χ3n) is 2.58. The molecule has 5 heteroatoms. The van der Waals surface area contributed by atoms with E-state index in [4.69, 9.17) is 0 Å². The van der Waals surface area contributed by atoms with E-state index in [1.54, 1.807) is 12.4 Å². The highest BCUT2D eigenvalue weighted by molar-refractivity contribution is 9.10. The molecule has 18 heavy (non-hydrogen) atoms. The standard InChI is InChI=1S/C13H12BrN3O/c1-9(10-2-4-11(14)5-3-10)13(18)17-12-8-15-6-7-16-12/h2-9H,1H3,(H,16,17,18). The van der Waals surface area contributed by atoms with Crippen LogP contribution in [0.1, 0.15) is 18.4 Å². The van der Waals surface area contributed by atoms with Crippen molar-refractivity contribution in [1.29, 1.82) is 0 Å². The Labute approximate surface area is 114 Å². The minimum atomic E-state index is -0.236. The van der Waals surface area contributed by atoms with Crippen LogP contribution in [-0.4, -0.2) is 15.9 Å². The molecule has 2 rings (SSSR count). The number of nitrogens with zero attached hydrogens (tertiary/aromatic N) is 2. The Morgan fingerprint density at radius 3 is 2.61 bits per heavy atom. The average Bonchev–Trinajstić information content (AvgIpc) is 2.40. The Morgan fingerprint density at radius 1 is 1.28 bits per heavy atom. The van der Waals surface area contributed by atoms with Crippen molar-refractivity contribution in [2.75, 3.05) is 5.32 Å². The summed E-state index contributed by atoms with van der Waals surface area (Å²) in [4.78, 5) is 19.9. The summed E-state index contributed by atoms with van der Waals surface area (Å²) in [5.41, 5.74) is 0.958. The lowest BCUT2D eigenvalue weighted by Gasteiger charge is -2.11. The highest BCUT2D eigenvalue weighted by Gasteiger charge is 2.15. The number of nitrogens with one attached hydrogen (secondary N) is 1. The number of benzene rings is 1. The molecule has 1 heterocycles. The highest BCUT2D eigenvalue weighted by atomic mass is 79.9. The van der Waals surface area contributed by atoms with Gasteiger partial charge in [-0.15, -0.1) is 0 Å². The average molecular weight is 306 g/mol. The number of aromatic nitrogens is 2. The second-order valence-electron chi connectivity index (χ2n) is 3.85. The molecule has 0 aliphatic rings. The summed E-state index contributed by atoms with van der Waals surface area (Å²) in [6.45, 7) is 1.86. The Bertz CT molecular complexity index is 528. The number of amides is 1. The molecular formula is C13H12BrN3O. The zero-order valence-corrected chi connectivity index (χ0v) is 11.4.